The molecule has 0 unspecified atom stereocenters. The molecule has 1 aromatic heterocycles. The van der Waals surface area contributed by atoms with Gasteiger partial charge in [-0.1, -0.05) is 25.4 Å². The molecule has 0 fully saturated rings. The monoisotopic (exact) mass is 265 g/mol. The quantitative estimate of drug-likeness (QED) is 0.858. The normalized spacial score (nSPS) is 11.2. The lowest BCUT2D eigenvalue weighted by Gasteiger charge is -2.01. The van der Waals surface area contributed by atoms with Crippen LogP contribution in [0.5, 0.6) is 0 Å². The second-order valence-electron chi connectivity index (χ2n) is 4.81. The van der Waals surface area contributed by atoms with E-state index in [9.17, 15) is 4.79 Å². The summed E-state index contributed by atoms with van der Waals surface area (Å²) >= 11 is 6.17. The number of carbonyl (C=O) groups excluding carboxylic acids is 1. The Morgan fingerprint density at radius 1 is 1.39 bits per heavy atom. The molecule has 4 heteroatoms. The van der Waals surface area contributed by atoms with Gasteiger partial charge in [0.25, 0.3) is 0 Å². The van der Waals surface area contributed by atoms with Gasteiger partial charge in [0.1, 0.15) is 0 Å². The smallest absolute Gasteiger partial charge is 0.337 e. The van der Waals surface area contributed by atoms with E-state index in [1.807, 2.05) is 6.07 Å². The molecule has 2 rings (SSSR count). The Balaban J connectivity index is 2.48. The van der Waals surface area contributed by atoms with Crippen LogP contribution < -0.4 is 0 Å². The van der Waals surface area contributed by atoms with E-state index in [-0.39, 0.29) is 5.97 Å². The Hall–Kier alpha value is -1.48. The highest BCUT2D eigenvalue weighted by molar-refractivity contribution is 6.35. The third-order valence-electron chi connectivity index (χ3n) is 2.79. The van der Waals surface area contributed by atoms with Gasteiger partial charge in [0.05, 0.1) is 23.2 Å². The molecule has 0 aliphatic heterocycles. The first-order valence-corrected chi connectivity index (χ1v) is 6.28. The zero-order chi connectivity index (χ0) is 13.3. The molecule has 0 aliphatic carbocycles. The van der Waals surface area contributed by atoms with Gasteiger partial charge < -0.3 is 9.72 Å². The number of ether oxygens (including phenoxy) is 1. The summed E-state index contributed by atoms with van der Waals surface area (Å²) < 4.78 is 4.70. The van der Waals surface area contributed by atoms with Crippen LogP contribution in [0.3, 0.4) is 0 Å². The summed E-state index contributed by atoms with van der Waals surface area (Å²) in [7, 11) is 1.36. The van der Waals surface area contributed by atoms with Crippen molar-refractivity contribution < 1.29 is 9.53 Å². The minimum atomic E-state index is -0.370. The average molecular weight is 266 g/mol. The summed E-state index contributed by atoms with van der Waals surface area (Å²) in [6, 6.07) is 5.46. The number of fused-ring (bicyclic) bond motifs is 1. The highest BCUT2D eigenvalue weighted by Crippen LogP contribution is 2.27. The van der Waals surface area contributed by atoms with Crippen molar-refractivity contribution in [3.63, 3.8) is 0 Å². The molecular weight excluding hydrogens is 250 g/mol. The number of rotatable bonds is 3. The molecule has 0 spiro atoms. The van der Waals surface area contributed by atoms with Crippen LogP contribution in [0.1, 0.15) is 29.9 Å². The molecule has 0 radical (unpaired) electrons. The van der Waals surface area contributed by atoms with Gasteiger partial charge >= 0.3 is 5.97 Å². The zero-order valence-electron chi connectivity index (χ0n) is 10.7. The molecule has 0 saturated carbocycles. The molecule has 1 heterocycles. The van der Waals surface area contributed by atoms with E-state index in [0.717, 1.165) is 23.0 Å². The summed E-state index contributed by atoms with van der Waals surface area (Å²) in [6.45, 7) is 4.32. The summed E-state index contributed by atoms with van der Waals surface area (Å²) in [4.78, 5) is 14.8. The molecule has 1 aromatic carbocycles. The van der Waals surface area contributed by atoms with E-state index in [2.05, 4.69) is 18.8 Å². The number of nitrogens with one attached hydrogen (secondary N) is 1. The van der Waals surface area contributed by atoms with Crippen LogP contribution in [0.15, 0.2) is 18.2 Å². The number of aromatic nitrogens is 1. The maximum atomic E-state index is 11.5. The standard InChI is InChI=1S/C14H16ClNO2/c1-8(2)4-11-6-9-5-10(14(17)18-3)7-12(15)13(9)16-11/h5-8,16H,4H2,1-3H3. The van der Waals surface area contributed by atoms with Crippen LogP contribution in [0, 0.1) is 5.92 Å². The van der Waals surface area contributed by atoms with Crippen LogP contribution >= 0.6 is 11.6 Å². The van der Waals surface area contributed by atoms with Gasteiger partial charge in [0.2, 0.25) is 0 Å². The molecule has 0 aliphatic rings. The second kappa shape index (κ2) is 5.02. The highest BCUT2D eigenvalue weighted by Gasteiger charge is 2.12. The number of methoxy groups -OCH3 is 1. The summed E-state index contributed by atoms with van der Waals surface area (Å²) in [5.74, 6) is 0.197. The third kappa shape index (κ3) is 2.51. The van der Waals surface area contributed by atoms with Crippen LogP contribution in [0.2, 0.25) is 5.02 Å². The van der Waals surface area contributed by atoms with Crippen LogP contribution in [-0.2, 0) is 11.2 Å². The summed E-state index contributed by atoms with van der Waals surface area (Å²) in [6.07, 6.45) is 0.957. The fourth-order valence-electron chi connectivity index (χ4n) is 2.04. The number of benzene rings is 1. The molecule has 3 nitrogen and oxygen atoms in total. The Kier molecular flexibility index (Phi) is 3.62. The SMILES string of the molecule is COC(=O)c1cc(Cl)c2[nH]c(CC(C)C)cc2c1. The molecule has 1 N–H and O–H groups in total. The first-order chi connectivity index (χ1) is 8.51. The number of hydrogen-bond acceptors (Lipinski definition) is 2. The maximum Gasteiger partial charge on any atom is 0.337 e. The van der Waals surface area contributed by atoms with Gasteiger partial charge in [-0.15, -0.1) is 0 Å². The lowest BCUT2D eigenvalue weighted by molar-refractivity contribution is 0.0601. The number of halogens is 1. The molecule has 0 bridgehead atoms. The van der Waals surface area contributed by atoms with Crippen LogP contribution in [0.4, 0.5) is 0 Å². The number of aromatic amines is 1. The lowest BCUT2D eigenvalue weighted by Crippen LogP contribution is -2.00. The van der Waals surface area contributed by atoms with Crippen molar-refractivity contribution in [2.24, 2.45) is 5.92 Å². The third-order valence-corrected chi connectivity index (χ3v) is 3.08. The van der Waals surface area contributed by atoms with Gasteiger partial charge in [-0.2, -0.15) is 0 Å². The minimum absolute atomic E-state index is 0.370. The highest BCUT2D eigenvalue weighted by atomic mass is 35.5. The predicted molar refractivity (Wildman–Crippen MR) is 73.2 cm³/mol. The van der Waals surface area contributed by atoms with Crippen molar-refractivity contribution in [3.05, 3.63) is 34.5 Å². The van der Waals surface area contributed by atoms with Gasteiger partial charge in [-0.05, 0) is 30.5 Å². The Morgan fingerprint density at radius 2 is 2.11 bits per heavy atom. The molecule has 0 saturated heterocycles. The molecule has 0 amide bonds. The van der Waals surface area contributed by atoms with Crippen molar-refractivity contribution in [2.75, 3.05) is 7.11 Å². The minimum Gasteiger partial charge on any atom is -0.465 e. The summed E-state index contributed by atoms with van der Waals surface area (Å²) in [5, 5.41) is 1.49. The molecule has 2 aromatic rings. The fraction of sp³-hybridized carbons (Fsp3) is 0.357. The van der Waals surface area contributed by atoms with E-state index in [4.69, 9.17) is 16.3 Å². The Labute approximate surface area is 111 Å². The average Bonchev–Trinajstić information content (AvgIpc) is 2.69. The van der Waals surface area contributed by atoms with Crippen molar-refractivity contribution in [1.82, 2.24) is 4.98 Å². The van der Waals surface area contributed by atoms with Gasteiger partial charge in [0, 0.05) is 11.1 Å². The number of hydrogen-bond donors (Lipinski definition) is 1. The van der Waals surface area contributed by atoms with Gasteiger partial charge in [-0.25, -0.2) is 4.79 Å². The summed E-state index contributed by atoms with van der Waals surface area (Å²) in [5.41, 5.74) is 2.48. The van der Waals surface area contributed by atoms with E-state index in [1.54, 1.807) is 12.1 Å². The van der Waals surface area contributed by atoms with Crippen molar-refractivity contribution >= 4 is 28.5 Å². The second-order valence-corrected chi connectivity index (χ2v) is 5.21. The van der Waals surface area contributed by atoms with Crippen molar-refractivity contribution in [2.45, 2.75) is 20.3 Å². The van der Waals surface area contributed by atoms with Gasteiger partial charge in [0.15, 0.2) is 0 Å². The van der Waals surface area contributed by atoms with E-state index >= 15 is 0 Å². The fourth-order valence-corrected chi connectivity index (χ4v) is 2.32. The topological polar surface area (TPSA) is 42.1 Å². The van der Waals surface area contributed by atoms with E-state index < -0.39 is 0 Å². The van der Waals surface area contributed by atoms with E-state index in [1.165, 1.54) is 7.11 Å². The first kappa shape index (κ1) is 13.0. The number of esters is 1. The first-order valence-electron chi connectivity index (χ1n) is 5.90. The lowest BCUT2D eigenvalue weighted by atomic mass is 10.1. The van der Waals surface area contributed by atoms with Crippen LogP contribution in [0.25, 0.3) is 10.9 Å². The van der Waals surface area contributed by atoms with Gasteiger partial charge in [-0.3, -0.25) is 0 Å². The van der Waals surface area contributed by atoms with Crippen molar-refractivity contribution in [1.29, 1.82) is 0 Å². The number of carbonyl (C=O) groups is 1. The number of H-pyrrole nitrogens is 1. The van der Waals surface area contributed by atoms with E-state index in [0.29, 0.717) is 16.5 Å². The van der Waals surface area contributed by atoms with Crippen molar-refractivity contribution in [3.8, 4) is 0 Å². The molecule has 96 valence electrons. The largest absolute Gasteiger partial charge is 0.465 e. The van der Waals surface area contributed by atoms with Crippen LogP contribution in [-0.4, -0.2) is 18.1 Å². The predicted octanol–water partition coefficient (Wildman–Crippen LogP) is 3.81. The maximum absolute atomic E-state index is 11.5. The molecule has 18 heavy (non-hydrogen) atoms. The Bertz CT molecular complexity index is 587. The zero-order valence-corrected chi connectivity index (χ0v) is 11.5. The molecule has 0 atom stereocenters. The Morgan fingerprint density at radius 3 is 2.72 bits per heavy atom. The molecular formula is C14H16ClNO2.